The van der Waals surface area contributed by atoms with Crippen molar-refractivity contribution >= 4 is 0 Å². The Morgan fingerprint density at radius 2 is 2.67 bits per heavy atom. The van der Waals surface area contributed by atoms with Gasteiger partial charge >= 0.3 is 0 Å². The number of hydrogen-bond acceptors (Lipinski definition) is 2. The average molecular weight is 123 g/mol. The van der Waals surface area contributed by atoms with E-state index in [9.17, 15) is 0 Å². The van der Waals surface area contributed by atoms with Gasteiger partial charge in [0.25, 0.3) is 0 Å². The lowest BCUT2D eigenvalue weighted by Gasteiger charge is -1.80. The van der Waals surface area contributed by atoms with Gasteiger partial charge in [0.15, 0.2) is 0 Å². The van der Waals surface area contributed by atoms with Crippen molar-refractivity contribution in [1.82, 2.24) is 5.16 Å². The van der Waals surface area contributed by atoms with Crippen molar-refractivity contribution in [3.05, 3.63) is 30.2 Å². The fraction of sp³-hybridized carbons (Fsp3) is 0.286. The molecule has 48 valence electrons. The van der Waals surface area contributed by atoms with Crippen LogP contribution in [0.4, 0.5) is 0 Å². The van der Waals surface area contributed by atoms with Crippen LogP contribution in [0.15, 0.2) is 29.0 Å². The highest BCUT2D eigenvalue weighted by molar-refractivity contribution is 5.01. The Labute approximate surface area is 54.2 Å². The molecule has 1 aromatic rings. The van der Waals surface area contributed by atoms with E-state index < -0.39 is 0 Å². The molecule has 0 aliphatic carbocycles. The number of allylic oxidation sites excluding steroid dienone is 2. The Kier molecular flexibility index (Phi) is 2.07. The minimum Gasteiger partial charge on any atom is -0.365 e. The summed E-state index contributed by atoms with van der Waals surface area (Å²) in [5, 5.41) is 3.73. The van der Waals surface area contributed by atoms with Crippen LogP contribution in [-0.4, -0.2) is 5.16 Å². The normalized spacial score (nSPS) is 10.8. The molecule has 0 spiro atoms. The van der Waals surface area contributed by atoms with E-state index >= 15 is 0 Å². The minimum absolute atomic E-state index is 0.868. The van der Waals surface area contributed by atoms with E-state index in [1.54, 1.807) is 6.26 Å². The van der Waals surface area contributed by atoms with Gasteiger partial charge in [0.2, 0.25) is 0 Å². The molecule has 2 nitrogen and oxygen atoms in total. The van der Waals surface area contributed by atoms with Crippen LogP contribution in [0.25, 0.3) is 0 Å². The van der Waals surface area contributed by atoms with Crippen LogP contribution >= 0.6 is 0 Å². The largest absolute Gasteiger partial charge is 0.365 e. The monoisotopic (exact) mass is 123 g/mol. The van der Waals surface area contributed by atoms with E-state index in [-0.39, 0.29) is 0 Å². The van der Waals surface area contributed by atoms with Crippen LogP contribution in [0.2, 0.25) is 0 Å². The van der Waals surface area contributed by atoms with Gasteiger partial charge in [-0.15, -0.1) is 0 Å². The van der Waals surface area contributed by atoms with Crippen LogP contribution in [-0.2, 0) is 6.42 Å². The molecule has 0 aliphatic heterocycles. The predicted octanol–water partition coefficient (Wildman–Crippen LogP) is 1.79. The van der Waals surface area contributed by atoms with Gasteiger partial charge in [-0.1, -0.05) is 17.3 Å². The fourth-order valence-electron chi connectivity index (χ4n) is 0.581. The van der Waals surface area contributed by atoms with Gasteiger partial charge in [0, 0.05) is 12.5 Å². The lowest BCUT2D eigenvalue weighted by molar-refractivity contribution is 0.413. The first kappa shape index (κ1) is 6.08. The summed E-state index contributed by atoms with van der Waals surface area (Å²) in [4.78, 5) is 0. The van der Waals surface area contributed by atoms with Gasteiger partial charge in [-0.25, -0.2) is 0 Å². The predicted molar refractivity (Wildman–Crippen MR) is 35.0 cm³/mol. The van der Waals surface area contributed by atoms with Crippen molar-refractivity contribution in [3.8, 4) is 0 Å². The van der Waals surface area contributed by atoms with Crippen LogP contribution in [0, 0.1) is 0 Å². The maximum Gasteiger partial charge on any atom is 0.124 e. The first-order valence-corrected chi connectivity index (χ1v) is 2.94. The highest BCUT2D eigenvalue weighted by Gasteiger charge is 1.88. The summed E-state index contributed by atoms with van der Waals surface area (Å²) in [6.45, 7) is 1.99. The second kappa shape index (κ2) is 3.07. The second-order valence-electron chi connectivity index (χ2n) is 1.76. The lowest BCUT2D eigenvalue weighted by atomic mass is 10.3. The summed E-state index contributed by atoms with van der Waals surface area (Å²) in [7, 11) is 0. The molecule has 0 aromatic carbocycles. The Bertz CT molecular complexity index is 177. The van der Waals surface area contributed by atoms with Crippen molar-refractivity contribution in [1.29, 1.82) is 0 Å². The lowest BCUT2D eigenvalue weighted by Crippen LogP contribution is -1.76. The molecule has 1 rings (SSSR count). The zero-order valence-electron chi connectivity index (χ0n) is 5.37. The number of aromatic nitrogens is 1. The first-order chi connectivity index (χ1) is 4.43. The molecule has 0 amide bonds. The van der Waals surface area contributed by atoms with Crippen LogP contribution in [0.3, 0.4) is 0 Å². The Hall–Kier alpha value is -1.05. The quantitative estimate of drug-likeness (QED) is 0.560. The molecule has 1 aromatic heterocycles. The van der Waals surface area contributed by atoms with E-state index in [1.165, 1.54) is 0 Å². The van der Waals surface area contributed by atoms with Crippen LogP contribution in [0.5, 0.6) is 0 Å². The van der Waals surface area contributed by atoms with Crippen molar-refractivity contribution in [3.63, 3.8) is 0 Å². The molecule has 0 atom stereocenters. The summed E-state index contributed by atoms with van der Waals surface area (Å²) in [6, 6.07) is 1.86. The zero-order chi connectivity index (χ0) is 6.53. The molecule has 0 unspecified atom stereocenters. The van der Waals surface area contributed by atoms with Crippen LogP contribution < -0.4 is 0 Å². The highest BCUT2D eigenvalue weighted by atomic mass is 16.5. The fourth-order valence-corrected chi connectivity index (χ4v) is 0.581. The molecule has 2 heteroatoms. The third kappa shape index (κ3) is 1.72. The molecular weight excluding hydrogens is 114 g/mol. The van der Waals surface area contributed by atoms with Crippen molar-refractivity contribution in [2.24, 2.45) is 0 Å². The molecule has 0 saturated heterocycles. The molecule has 9 heavy (non-hydrogen) atoms. The molecule has 0 saturated carbocycles. The summed E-state index contributed by atoms with van der Waals surface area (Å²) in [5.74, 6) is 0. The standard InChI is InChI=1S/C7H9NO/c1-2-3-4-7-5-6-9-8-7/h2-3,5-6H,4H2,1H3. The van der Waals surface area contributed by atoms with Gasteiger partial charge in [0.1, 0.15) is 6.26 Å². The molecular formula is C7H9NO. The number of rotatable bonds is 2. The molecule has 0 N–H and O–H groups in total. The van der Waals surface area contributed by atoms with E-state index in [1.807, 2.05) is 25.1 Å². The highest BCUT2D eigenvalue weighted by Crippen LogP contribution is 1.95. The van der Waals surface area contributed by atoms with Gasteiger partial charge in [0.05, 0.1) is 5.69 Å². The summed E-state index contributed by atoms with van der Waals surface area (Å²) in [6.07, 6.45) is 6.48. The molecule has 0 aliphatic rings. The van der Waals surface area contributed by atoms with Gasteiger partial charge < -0.3 is 4.52 Å². The Morgan fingerprint density at radius 3 is 3.22 bits per heavy atom. The molecule has 0 fully saturated rings. The maximum absolute atomic E-state index is 4.63. The van der Waals surface area contributed by atoms with E-state index in [4.69, 9.17) is 0 Å². The minimum atomic E-state index is 0.868. The Balaban J connectivity index is 2.48. The number of hydrogen-bond donors (Lipinski definition) is 0. The maximum atomic E-state index is 4.63. The smallest absolute Gasteiger partial charge is 0.124 e. The van der Waals surface area contributed by atoms with Crippen molar-refractivity contribution < 1.29 is 4.52 Å². The third-order valence-electron chi connectivity index (χ3n) is 1.05. The average Bonchev–Trinajstić information content (AvgIpc) is 2.34. The van der Waals surface area contributed by atoms with Crippen molar-refractivity contribution in [2.45, 2.75) is 13.3 Å². The summed E-state index contributed by atoms with van der Waals surface area (Å²) >= 11 is 0. The number of nitrogens with zero attached hydrogens (tertiary/aromatic N) is 1. The topological polar surface area (TPSA) is 26.0 Å². The SMILES string of the molecule is CC=CCc1ccon1. The van der Waals surface area contributed by atoms with Crippen LogP contribution in [0.1, 0.15) is 12.6 Å². The summed E-state index contributed by atoms with van der Waals surface area (Å²) in [5.41, 5.74) is 0.980. The van der Waals surface area contributed by atoms with Gasteiger partial charge in [-0.2, -0.15) is 0 Å². The van der Waals surface area contributed by atoms with Crippen molar-refractivity contribution in [2.75, 3.05) is 0 Å². The zero-order valence-corrected chi connectivity index (χ0v) is 5.37. The molecule has 1 heterocycles. The van der Waals surface area contributed by atoms with E-state index in [0.29, 0.717) is 0 Å². The third-order valence-corrected chi connectivity index (χ3v) is 1.05. The second-order valence-corrected chi connectivity index (χ2v) is 1.76. The van der Waals surface area contributed by atoms with Gasteiger partial charge in [-0.05, 0) is 6.92 Å². The Morgan fingerprint density at radius 1 is 1.78 bits per heavy atom. The van der Waals surface area contributed by atoms with E-state index in [2.05, 4.69) is 9.68 Å². The molecule has 0 bridgehead atoms. The molecule has 0 radical (unpaired) electrons. The van der Waals surface area contributed by atoms with Gasteiger partial charge in [-0.3, -0.25) is 0 Å². The summed E-state index contributed by atoms with van der Waals surface area (Å²) < 4.78 is 4.63. The first-order valence-electron chi connectivity index (χ1n) is 2.94. The van der Waals surface area contributed by atoms with E-state index in [0.717, 1.165) is 12.1 Å².